The highest BCUT2D eigenvalue weighted by molar-refractivity contribution is 5.78. The van der Waals surface area contributed by atoms with Gasteiger partial charge in [0.05, 0.1) is 0 Å². The quantitative estimate of drug-likeness (QED) is 0.793. The molecular formula is C18H32N2O2. The summed E-state index contributed by atoms with van der Waals surface area (Å²) in [5.74, 6) is 0.556. The molecule has 4 heteroatoms. The van der Waals surface area contributed by atoms with Gasteiger partial charge in [0, 0.05) is 32.0 Å². The fourth-order valence-corrected chi connectivity index (χ4v) is 3.98. The lowest BCUT2D eigenvalue weighted by Gasteiger charge is -2.31. The van der Waals surface area contributed by atoms with Gasteiger partial charge in [-0.3, -0.25) is 9.59 Å². The van der Waals surface area contributed by atoms with E-state index in [2.05, 4.69) is 5.32 Å². The number of hydrogen-bond acceptors (Lipinski definition) is 2. The van der Waals surface area contributed by atoms with E-state index >= 15 is 0 Å². The maximum atomic E-state index is 12.2. The van der Waals surface area contributed by atoms with Gasteiger partial charge in [-0.1, -0.05) is 44.9 Å². The van der Waals surface area contributed by atoms with E-state index < -0.39 is 0 Å². The fourth-order valence-electron chi connectivity index (χ4n) is 3.98. The van der Waals surface area contributed by atoms with E-state index in [0.717, 1.165) is 25.7 Å². The van der Waals surface area contributed by atoms with Crippen molar-refractivity contribution in [2.24, 2.45) is 5.92 Å². The third kappa shape index (κ3) is 5.29. The summed E-state index contributed by atoms with van der Waals surface area (Å²) in [6, 6.07) is 0.381. The summed E-state index contributed by atoms with van der Waals surface area (Å²) in [5.41, 5.74) is 0. The largest absolute Gasteiger partial charge is 0.354 e. The summed E-state index contributed by atoms with van der Waals surface area (Å²) in [6.07, 6.45) is 13.0. The third-order valence-corrected chi connectivity index (χ3v) is 5.30. The van der Waals surface area contributed by atoms with Gasteiger partial charge in [-0.2, -0.15) is 0 Å². The molecule has 2 amide bonds. The first kappa shape index (κ1) is 17.3. The Kier molecular flexibility index (Phi) is 7.20. The van der Waals surface area contributed by atoms with Crippen LogP contribution >= 0.6 is 0 Å². The van der Waals surface area contributed by atoms with Crippen molar-refractivity contribution in [3.05, 3.63) is 0 Å². The molecule has 0 atom stereocenters. The highest BCUT2D eigenvalue weighted by atomic mass is 16.2. The number of carbonyl (C=O) groups excluding carboxylic acids is 2. The minimum Gasteiger partial charge on any atom is -0.354 e. The van der Waals surface area contributed by atoms with Crippen LogP contribution in [0.1, 0.15) is 77.6 Å². The van der Waals surface area contributed by atoms with Crippen molar-refractivity contribution >= 4 is 11.8 Å². The van der Waals surface area contributed by atoms with Gasteiger partial charge in [-0.15, -0.1) is 0 Å². The molecule has 0 heterocycles. The van der Waals surface area contributed by atoms with Crippen molar-refractivity contribution in [3.8, 4) is 0 Å². The van der Waals surface area contributed by atoms with E-state index in [9.17, 15) is 9.59 Å². The second-order valence-corrected chi connectivity index (χ2v) is 6.98. The van der Waals surface area contributed by atoms with Gasteiger partial charge in [-0.05, 0) is 25.7 Å². The van der Waals surface area contributed by atoms with Crippen molar-refractivity contribution in [1.29, 1.82) is 0 Å². The molecule has 2 saturated carbocycles. The lowest BCUT2D eigenvalue weighted by molar-refractivity contribution is -0.132. The summed E-state index contributed by atoms with van der Waals surface area (Å²) >= 11 is 0. The Bertz CT molecular complexity index is 356. The molecule has 0 spiro atoms. The number of hydrogen-bond donors (Lipinski definition) is 1. The van der Waals surface area contributed by atoms with Gasteiger partial charge in [0.2, 0.25) is 11.8 Å². The van der Waals surface area contributed by atoms with E-state index in [4.69, 9.17) is 0 Å². The van der Waals surface area contributed by atoms with Crippen LogP contribution < -0.4 is 5.32 Å². The summed E-state index contributed by atoms with van der Waals surface area (Å²) in [5, 5.41) is 3.06. The monoisotopic (exact) mass is 308 g/mol. The first-order chi connectivity index (χ1) is 10.7. The van der Waals surface area contributed by atoms with E-state index in [1.54, 1.807) is 6.92 Å². The van der Waals surface area contributed by atoms with E-state index in [1.807, 2.05) is 4.90 Å². The van der Waals surface area contributed by atoms with Crippen LogP contribution in [-0.2, 0) is 9.59 Å². The summed E-state index contributed by atoms with van der Waals surface area (Å²) in [4.78, 5) is 26.1. The normalized spacial score (nSPS) is 21.1. The Balaban J connectivity index is 1.76. The number of nitrogens with zero attached hydrogens (tertiary/aromatic N) is 1. The van der Waals surface area contributed by atoms with Gasteiger partial charge in [-0.25, -0.2) is 0 Å². The molecule has 0 aromatic heterocycles. The van der Waals surface area contributed by atoms with Crippen LogP contribution in [0.3, 0.4) is 0 Å². The van der Waals surface area contributed by atoms with Crippen molar-refractivity contribution in [1.82, 2.24) is 10.2 Å². The van der Waals surface area contributed by atoms with Crippen molar-refractivity contribution in [2.45, 2.75) is 83.6 Å². The molecule has 0 radical (unpaired) electrons. The molecule has 1 N–H and O–H groups in total. The lowest BCUT2D eigenvalue weighted by atomic mass is 9.89. The number of nitrogens with one attached hydrogen (secondary N) is 1. The second-order valence-electron chi connectivity index (χ2n) is 6.98. The highest BCUT2D eigenvalue weighted by Crippen LogP contribution is 2.24. The average Bonchev–Trinajstić information content (AvgIpc) is 2.81. The zero-order chi connectivity index (χ0) is 15.8. The van der Waals surface area contributed by atoms with Crippen molar-refractivity contribution in [3.63, 3.8) is 0 Å². The zero-order valence-electron chi connectivity index (χ0n) is 14.1. The van der Waals surface area contributed by atoms with Crippen molar-refractivity contribution < 1.29 is 9.59 Å². The van der Waals surface area contributed by atoms with E-state index in [-0.39, 0.29) is 17.7 Å². The SMILES string of the molecule is CC(=O)N(CCNC(=O)C1CCCCC1)C1CCCCCC1. The maximum absolute atomic E-state index is 12.2. The lowest BCUT2D eigenvalue weighted by Crippen LogP contribution is -2.44. The molecule has 0 aromatic carbocycles. The highest BCUT2D eigenvalue weighted by Gasteiger charge is 2.23. The average molecular weight is 308 g/mol. The molecule has 4 nitrogen and oxygen atoms in total. The van der Waals surface area contributed by atoms with E-state index in [1.165, 1.54) is 44.9 Å². The Morgan fingerprint density at radius 2 is 1.45 bits per heavy atom. The van der Waals surface area contributed by atoms with Crippen LogP contribution in [0.25, 0.3) is 0 Å². The first-order valence-electron chi connectivity index (χ1n) is 9.23. The summed E-state index contributed by atoms with van der Waals surface area (Å²) in [7, 11) is 0. The Hall–Kier alpha value is -1.06. The van der Waals surface area contributed by atoms with Crippen LogP contribution in [0.15, 0.2) is 0 Å². The third-order valence-electron chi connectivity index (χ3n) is 5.30. The second kappa shape index (κ2) is 9.16. The van der Waals surface area contributed by atoms with Crippen molar-refractivity contribution in [2.75, 3.05) is 13.1 Å². The molecule has 0 bridgehead atoms. The Morgan fingerprint density at radius 3 is 2.05 bits per heavy atom. The standard InChI is InChI=1S/C18H32N2O2/c1-15(21)20(17-11-7-2-3-8-12-17)14-13-19-18(22)16-9-5-4-6-10-16/h16-17H,2-14H2,1H3,(H,19,22). The first-order valence-corrected chi connectivity index (χ1v) is 9.23. The van der Waals surface area contributed by atoms with Crippen LogP contribution in [0.4, 0.5) is 0 Å². The van der Waals surface area contributed by atoms with Crippen LogP contribution in [0.2, 0.25) is 0 Å². The smallest absolute Gasteiger partial charge is 0.223 e. The molecule has 0 aliphatic heterocycles. The Labute approximate surface area is 135 Å². The topological polar surface area (TPSA) is 49.4 Å². The number of rotatable bonds is 5. The molecule has 2 rings (SSSR count). The van der Waals surface area contributed by atoms with Gasteiger partial charge < -0.3 is 10.2 Å². The minimum atomic E-state index is 0.152. The molecule has 0 aromatic rings. The molecule has 126 valence electrons. The number of carbonyl (C=O) groups is 2. The fraction of sp³-hybridized carbons (Fsp3) is 0.889. The van der Waals surface area contributed by atoms with Crippen LogP contribution in [-0.4, -0.2) is 35.8 Å². The van der Waals surface area contributed by atoms with Gasteiger partial charge in [0.25, 0.3) is 0 Å². The molecule has 2 fully saturated rings. The summed E-state index contributed by atoms with van der Waals surface area (Å²) < 4.78 is 0. The molecule has 22 heavy (non-hydrogen) atoms. The predicted octanol–water partition coefficient (Wildman–Crippen LogP) is 3.25. The summed E-state index contributed by atoms with van der Waals surface area (Å²) in [6.45, 7) is 2.93. The van der Waals surface area contributed by atoms with Gasteiger partial charge in [0.1, 0.15) is 0 Å². The molecule has 0 saturated heterocycles. The predicted molar refractivity (Wildman–Crippen MR) is 88.5 cm³/mol. The zero-order valence-corrected chi connectivity index (χ0v) is 14.1. The molecular weight excluding hydrogens is 276 g/mol. The van der Waals surface area contributed by atoms with Crippen LogP contribution in [0, 0.1) is 5.92 Å². The Morgan fingerprint density at radius 1 is 0.909 bits per heavy atom. The maximum Gasteiger partial charge on any atom is 0.223 e. The van der Waals surface area contributed by atoms with Gasteiger partial charge in [0.15, 0.2) is 0 Å². The minimum absolute atomic E-state index is 0.152. The molecule has 2 aliphatic rings. The number of amides is 2. The van der Waals surface area contributed by atoms with Gasteiger partial charge >= 0.3 is 0 Å². The molecule has 2 aliphatic carbocycles. The molecule has 0 unspecified atom stereocenters. The van der Waals surface area contributed by atoms with Crippen LogP contribution in [0.5, 0.6) is 0 Å². The van der Waals surface area contributed by atoms with E-state index in [0.29, 0.717) is 19.1 Å².